The van der Waals surface area contributed by atoms with Gasteiger partial charge in [0.2, 0.25) is 0 Å². The highest BCUT2D eigenvalue weighted by Gasteiger charge is 2.13. The number of nitrogens with zero attached hydrogens (tertiary/aromatic N) is 1. The van der Waals surface area contributed by atoms with Gasteiger partial charge in [-0.3, -0.25) is 0 Å². The first-order valence-electron chi connectivity index (χ1n) is 6.10. The molecule has 2 aromatic carbocycles. The molecule has 6 heteroatoms. The van der Waals surface area contributed by atoms with Crippen molar-refractivity contribution in [2.45, 2.75) is 0 Å². The van der Waals surface area contributed by atoms with Gasteiger partial charge in [0, 0.05) is 15.7 Å². The number of anilines is 1. The molecule has 3 N–H and O–H groups in total. The Kier molecular flexibility index (Phi) is 4.94. The van der Waals surface area contributed by atoms with Crippen molar-refractivity contribution in [3.8, 4) is 0 Å². The van der Waals surface area contributed by atoms with Gasteiger partial charge in [-0.1, -0.05) is 45.4 Å². The van der Waals surface area contributed by atoms with Gasteiger partial charge in [0.1, 0.15) is 12.3 Å². The first kappa shape index (κ1) is 15.1. The normalized spacial score (nSPS) is 11.2. The molecule has 0 saturated heterocycles. The van der Waals surface area contributed by atoms with Crippen LogP contribution in [-0.2, 0) is 4.74 Å². The van der Waals surface area contributed by atoms with Gasteiger partial charge in [-0.25, -0.2) is 4.79 Å². The van der Waals surface area contributed by atoms with E-state index in [9.17, 15) is 4.79 Å². The number of carbonyl (C=O) groups is 1. The quantitative estimate of drug-likeness (QED) is 0.292. The molecule has 2 aromatic rings. The Morgan fingerprint density at radius 1 is 1.19 bits per heavy atom. The maximum Gasteiger partial charge on any atom is 0.340 e. The lowest BCUT2D eigenvalue weighted by molar-refractivity contribution is 0.0563. The second kappa shape index (κ2) is 6.90. The summed E-state index contributed by atoms with van der Waals surface area (Å²) in [5.74, 6) is -0.564. The third-order valence-corrected chi connectivity index (χ3v) is 3.35. The van der Waals surface area contributed by atoms with Gasteiger partial charge in [0.05, 0.1) is 5.56 Å². The zero-order chi connectivity index (χ0) is 15.2. The lowest BCUT2D eigenvalue weighted by Crippen LogP contribution is -2.16. The lowest BCUT2D eigenvalue weighted by atomic mass is 10.1. The summed E-state index contributed by atoms with van der Waals surface area (Å²) in [6, 6.07) is 13.7. The highest BCUT2D eigenvalue weighted by Crippen LogP contribution is 2.14. The van der Waals surface area contributed by atoms with E-state index in [2.05, 4.69) is 21.1 Å². The summed E-state index contributed by atoms with van der Waals surface area (Å²) in [5, 5.41) is 12.2. The molecule has 0 saturated carbocycles. The second-order valence-corrected chi connectivity index (χ2v) is 5.13. The summed E-state index contributed by atoms with van der Waals surface area (Å²) in [6.07, 6.45) is 0. The number of carbonyl (C=O) groups excluding carboxylic acids is 1. The van der Waals surface area contributed by atoms with Crippen molar-refractivity contribution in [3.05, 3.63) is 64.1 Å². The summed E-state index contributed by atoms with van der Waals surface area (Å²) in [4.78, 5) is 11.9. The van der Waals surface area contributed by atoms with Crippen LogP contribution in [0.2, 0.25) is 0 Å². The lowest BCUT2D eigenvalue weighted by Gasteiger charge is -2.08. The van der Waals surface area contributed by atoms with E-state index in [1.165, 1.54) is 0 Å². The number of halogens is 1. The van der Waals surface area contributed by atoms with Gasteiger partial charge < -0.3 is 15.7 Å². The van der Waals surface area contributed by atoms with E-state index in [1.54, 1.807) is 48.5 Å². The first-order valence-corrected chi connectivity index (χ1v) is 6.89. The number of esters is 1. The summed E-state index contributed by atoms with van der Waals surface area (Å²) in [5.41, 5.74) is 7.24. The van der Waals surface area contributed by atoms with Gasteiger partial charge in [-0.2, -0.15) is 0 Å². The monoisotopic (exact) mass is 348 g/mol. The predicted molar refractivity (Wildman–Crippen MR) is 83.6 cm³/mol. The Balaban J connectivity index is 2.06. The summed E-state index contributed by atoms with van der Waals surface area (Å²) in [6.45, 7) is -0.148. The van der Waals surface area contributed by atoms with Gasteiger partial charge in [0.25, 0.3) is 0 Å². The van der Waals surface area contributed by atoms with E-state index in [4.69, 9.17) is 15.7 Å². The van der Waals surface area contributed by atoms with Crippen LogP contribution in [0.5, 0.6) is 0 Å². The van der Waals surface area contributed by atoms with Crippen LogP contribution in [0.25, 0.3) is 0 Å². The molecule has 2 rings (SSSR count). The molecular formula is C15H13BrN2O3. The van der Waals surface area contributed by atoms with Crippen LogP contribution in [-0.4, -0.2) is 23.5 Å². The zero-order valence-corrected chi connectivity index (χ0v) is 12.6. The third-order valence-electron chi connectivity index (χ3n) is 2.82. The maximum atomic E-state index is 11.9. The number of hydrogen-bond acceptors (Lipinski definition) is 5. The van der Waals surface area contributed by atoms with E-state index in [1.807, 2.05) is 0 Å². The Labute approximate surface area is 130 Å². The highest BCUT2D eigenvalue weighted by molar-refractivity contribution is 9.10. The Morgan fingerprint density at radius 3 is 2.48 bits per heavy atom. The summed E-state index contributed by atoms with van der Waals surface area (Å²) < 4.78 is 6.03. The van der Waals surface area contributed by atoms with Crippen molar-refractivity contribution < 1.29 is 14.7 Å². The molecule has 0 unspecified atom stereocenters. The van der Waals surface area contributed by atoms with Crippen molar-refractivity contribution in [2.24, 2.45) is 5.16 Å². The van der Waals surface area contributed by atoms with Crippen molar-refractivity contribution in [3.63, 3.8) is 0 Å². The number of rotatable bonds is 4. The average molecular weight is 349 g/mol. The van der Waals surface area contributed by atoms with Crippen LogP contribution in [0, 0.1) is 0 Å². The number of hydrogen-bond donors (Lipinski definition) is 2. The maximum absolute atomic E-state index is 11.9. The van der Waals surface area contributed by atoms with Gasteiger partial charge in [-0.15, -0.1) is 0 Å². The minimum absolute atomic E-state index is 0.148. The Bertz CT molecular complexity index is 669. The molecular weight excluding hydrogens is 336 g/mol. The molecule has 0 bridgehead atoms. The fourth-order valence-corrected chi connectivity index (χ4v) is 1.97. The van der Waals surface area contributed by atoms with Crippen molar-refractivity contribution in [1.82, 2.24) is 0 Å². The van der Waals surface area contributed by atoms with Crippen LogP contribution in [0.4, 0.5) is 5.69 Å². The molecule has 0 aliphatic rings. The topological polar surface area (TPSA) is 84.9 Å². The van der Waals surface area contributed by atoms with E-state index in [0.29, 0.717) is 11.3 Å². The predicted octanol–water partition coefficient (Wildman–Crippen LogP) is 3.07. The van der Waals surface area contributed by atoms with Crippen molar-refractivity contribution >= 4 is 33.3 Å². The zero-order valence-electron chi connectivity index (χ0n) is 11.0. The molecule has 0 radical (unpaired) electrons. The SMILES string of the molecule is Nc1ccccc1C(=O)OCC(=NO)c1ccc(Br)cc1. The minimum Gasteiger partial charge on any atom is -0.455 e. The van der Waals surface area contributed by atoms with Gasteiger partial charge in [-0.05, 0) is 24.3 Å². The molecule has 5 nitrogen and oxygen atoms in total. The Morgan fingerprint density at radius 2 is 1.86 bits per heavy atom. The van der Waals surface area contributed by atoms with Crippen LogP contribution in [0.1, 0.15) is 15.9 Å². The fourth-order valence-electron chi connectivity index (χ4n) is 1.71. The molecule has 0 aromatic heterocycles. The van der Waals surface area contributed by atoms with Gasteiger partial charge in [0.15, 0.2) is 0 Å². The Hall–Kier alpha value is -2.34. The van der Waals surface area contributed by atoms with E-state index < -0.39 is 5.97 Å². The van der Waals surface area contributed by atoms with E-state index in [-0.39, 0.29) is 17.9 Å². The number of nitrogens with two attached hydrogens (primary N) is 1. The minimum atomic E-state index is -0.564. The van der Waals surface area contributed by atoms with Crippen LogP contribution in [0.15, 0.2) is 58.2 Å². The van der Waals surface area contributed by atoms with E-state index >= 15 is 0 Å². The molecule has 0 aliphatic carbocycles. The number of benzene rings is 2. The second-order valence-electron chi connectivity index (χ2n) is 4.22. The fraction of sp³-hybridized carbons (Fsp3) is 0.0667. The molecule has 0 fully saturated rings. The third kappa shape index (κ3) is 3.82. The molecule has 0 heterocycles. The number of ether oxygens (including phenoxy) is 1. The molecule has 0 atom stereocenters. The number of para-hydroxylation sites is 1. The summed E-state index contributed by atoms with van der Waals surface area (Å²) in [7, 11) is 0. The molecule has 0 amide bonds. The van der Waals surface area contributed by atoms with Crippen LogP contribution >= 0.6 is 15.9 Å². The van der Waals surface area contributed by atoms with Crippen LogP contribution in [0.3, 0.4) is 0 Å². The summed E-state index contributed by atoms with van der Waals surface area (Å²) >= 11 is 3.32. The van der Waals surface area contributed by atoms with Crippen molar-refractivity contribution in [2.75, 3.05) is 12.3 Å². The number of nitrogen functional groups attached to an aromatic ring is 1. The molecule has 108 valence electrons. The standard InChI is InChI=1S/C15H13BrN2O3/c16-11-7-5-10(6-8-11)14(18-20)9-21-15(19)12-3-1-2-4-13(12)17/h1-8,20H,9,17H2. The van der Waals surface area contributed by atoms with Crippen molar-refractivity contribution in [1.29, 1.82) is 0 Å². The smallest absolute Gasteiger partial charge is 0.340 e. The number of oxime groups is 1. The molecule has 0 aliphatic heterocycles. The first-order chi connectivity index (χ1) is 10.1. The van der Waals surface area contributed by atoms with Crippen LogP contribution < -0.4 is 5.73 Å². The van der Waals surface area contributed by atoms with Gasteiger partial charge >= 0.3 is 5.97 Å². The largest absolute Gasteiger partial charge is 0.455 e. The van der Waals surface area contributed by atoms with E-state index in [0.717, 1.165) is 4.47 Å². The molecule has 0 spiro atoms. The average Bonchev–Trinajstić information content (AvgIpc) is 2.49. The highest BCUT2D eigenvalue weighted by atomic mass is 79.9. The molecule has 21 heavy (non-hydrogen) atoms.